The molecule has 3 heteroatoms. The predicted molar refractivity (Wildman–Crippen MR) is 38.7 cm³/mol. The average molecular weight is 138 g/mol. The molecule has 0 aliphatic rings. The molecule has 1 amide bonds. The Morgan fingerprint density at radius 2 is 2.30 bits per heavy atom. The Labute approximate surface area is 59.4 Å². The normalized spacial score (nSPS) is 9.80. The summed E-state index contributed by atoms with van der Waals surface area (Å²) in [5.74, 6) is -0.370. The maximum Gasteiger partial charge on any atom is 0.265 e. The molecule has 0 radical (unpaired) electrons. The molecule has 1 aromatic rings. The molecule has 2 N–H and O–H groups in total. The highest BCUT2D eigenvalue weighted by atomic mass is 16.1. The van der Waals surface area contributed by atoms with Crippen LogP contribution in [0.3, 0.4) is 0 Å². The summed E-state index contributed by atoms with van der Waals surface area (Å²) in [6.45, 7) is 1.86. The molecule has 3 nitrogen and oxygen atoms in total. The number of nitrogens with zero attached hydrogens (tertiary/aromatic N) is 1. The molecule has 0 saturated carbocycles. The minimum Gasteiger partial charge on any atom is -0.364 e. The van der Waals surface area contributed by atoms with E-state index < -0.39 is 0 Å². The van der Waals surface area contributed by atoms with E-state index in [1.165, 1.54) is 0 Å². The highest BCUT2D eigenvalue weighted by molar-refractivity contribution is 5.92. The summed E-state index contributed by atoms with van der Waals surface area (Å²) in [5.41, 5.74) is 6.61. The fourth-order valence-corrected chi connectivity index (χ4v) is 1.02. The van der Waals surface area contributed by atoms with Crippen LogP contribution in [0.4, 0.5) is 0 Å². The van der Waals surface area contributed by atoms with E-state index in [0.717, 1.165) is 5.56 Å². The number of nitrogens with two attached hydrogens (primary N) is 1. The molecular formula is C7H10N2O. The van der Waals surface area contributed by atoms with Crippen molar-refractivity contribution >= 4 is 5.91 Å². The van der Waals surface area contributed by atoms with Crippen molar-refractivity contribution < 1.29 is 4.79 Å². The lowest BCUT2D eigenvalue weighted by Gasteiger charge is -1.97. The SMILES string of the molecule is Cc1ccn(C)c1C(N)=O. The van der Waals surface area contributed by atoms with E-state index in [-0.39, 0.29) is 5.91 Å². The fraction of sp³-hybridized carbons (Fsp3) is 0.286. The summed E-state index contributed by atoms with van der Waals surface area (Å²) in [6.07, 6.45) is 1.81. The van der Waals surface area contributed by atoms with Crippen LogP contribution in [0.1, 0.15) is 16.1 Å². The standard InChI is InChI=1S/C7H10N2O/c1-5-3-4-9(2)6(5)7(8)10/h3-4H,1-2H3,(H2,8,10). The van der Waals surface area contributed by atoms with E-state index in [9.17, 15) is 4.79 Å². The maximum atomic E-state index is 10.7. The zero-order valence-corrected chi connectivity index (χ0v) is 6.09. The molecule has 0 bridgehead atoms. The third-order valence-corrected chi connectivity index (χ3v) is 1.51. The zero-order chi connectivity index (χ0) is 7.72. The Morgan fingerprint density at radius 3 is 2.50 bits per heavy atom. The molecule has 0 aliphatic carbocycles. The largest absolute Gasteiger partial charge is 0.364 e. The second kappa shape index (κ2) is 2.17. The lowest BCUT2D eigenvalue weighted by molar-refractivity contribution is 0.0992. The Hall–Kier alpha value is -1.25. The van der Waals surface area contributed by atoms with Crippen LogP contribution in [0, 0.1) is 6.92 Å². The van der Waals surface area contributed by atoms with Crippen LogP contribution in [0.15, 0.2) is 12.3 Å². The number of hydrogen-bond acceptors (Lipinski definition) is 1. The van der Waals surface area contributed by atoms with Gasteiger partial charge >= 0.3 is 0 Å². The van der Waals surface area contributed by atoms with Gasteiger partial charge in [0.25, 0.3) is 5.91 Å². The molecule has 0 spiro atoms. The van der Waals surface area contributed by atoms with Gasteiger partial charge in [0.1, 0.15) is 5.69 Å². The van der Waals surface area contributed by atoms with Gasteiger partial charge in [0.05, 0.1) is 0 Å². The van der Waals surface area contributed by atoms with Gasteiger partial charge in [-0.3, -0.25) is 4.79 Å². The maximum absolute atomic E-state index is 10.7. The Kier molecular flexibility index (Phi) is 1.49. The summed E-state index contributed by atoms with van der Waals surface area (Å²) < 4.78 is 1.72. The van der Waals surface area contributed by atoms with Crippen molar-refractivity contribution in [2.24, 2.45) is 12.8 Å². The minimum absolute atomic E-state index is 0.370. The van der Waals surface area contributed by atoms with Crippen molar-refractivity contribution in [3.05, 3.63) is 23.5 Å². The van der Waals surface area contributed by atoms with Gasteiger partial charge in [0, 0.05) is 13.2 Å². The molecular weight excluding hydrogens is 128 g/mol. The van der Waals surface area contributed by atoms with E-state index in [4.69, 9.17) is 5.73 Å². The van der Waals surface area contributed by atoms with Crippen molar-refractivity contribution in [2.45, 2.75) is 6.92 Å². The second-order valence-electron chi connectivity index (χ2n) is 2.32. The summed E-state index contributed by atoms with van der Waals surface area (Å²) in [4.78, 5) is 10.7. The van der Waals surface area contributed by atoms with E-state index in [1.807, 2.05) is 19.2 Å². The van der Waals surface area contributed by atoms with Gasteiger partial charge in [0.15, 0.2) is 0 Å². The number of aryl methyl sites for hydroxylation is 2. The smallest absolute Gasteiger partial charge is 0.265 e. The van der Waals surface area contributed by atoms with E-state index >= 15 is 0 Å². The highest BCUT2D eigenvalue weighted by Gasteiger charge is 2.07. The zero-order valence-electron chi connectivity index (χ0n) is 6.09. The number of carbonyl (C=O) groups excluding carboxylic acids is 1. The third-order valence-electron chi connectivity index (χ3n) is 1.51. The number of primary amides is 1. The molecule has 1 aromatic heterocycles. The molecule has 0 fully saturated rings. The van der Waals surface area contributed by atoms with Crippen LogP contribution in [0.5, 0.6) is 0 Å². The van der Waals surface area contributed by atoms with E-state index in [2.05, 4.69) is 0 Å². The predicted octanol–water partition coefficient (Wildman–Crippen LogP) is 0.432. The van der Waals surface area contributed by atoms with Crippen molar-refractivity contribution in [3.63, 3.8) is 0 Å². The first-order chi connectivity index (χ1) is 4.63. The van der Waals surface area contributed by atoms with Crippen LogP contribution >= 0.6 is 0 Å². The van der Waals surface area contributed by atoms with Crippen molar-refractivity contribution in [2.75, 3.05) is 0 Å². The van der Waals surface area contributed by atoms with E-state index in [1.54, 1.807) is 11.6 Å². The van der Waals surface area contributed by atoms with Gasteiger partial charge in [-0.05, 0) is 18.6 Å². The Morgan fingerprint density at radius 1 is 1.70 bits per heavy atom. The Bertz CT molecular complexity index is 243. The summed E-state index contributed by atoms with van der Waals surface area (Å²) in [5, 5.41) is 0. The molecule has 0 aliphatic heterocycles. The van der Waals surface area contributed by atoms with Crippen molar-refractivity contribution in [1.82, 2.24) is 4.57 Å². The minimum atomic E-state index is -0.370. The molecule has 0 unspecified atom stereocenters. The van der Waals surface area contributed by atoms with Crippen LogP contribution < -0.4 is 5.73 Å². The van der Waals surface area contributed by atoms with Crippen LogP contribution in [-0.2, 0) is 7.05 Å². The number of aromatic nitrogens is 1. The first-order valence-electron chi connectivity index (χ1n) is 3.04. The van der Waals surface area contributed by atoms with Gasteiger partial charge in [-0.15, -0.1) is 0 Å². The second-order valence-corrected chi connectivity index (χ2v) is 2.32. The van der Waals surface area contributed by atoms with Crippen LogP contribution in [-0.4, -0.2) is 10.5 Å². The average Bonchev–Trinajstić information content (AvgIpc) is 2.11. The molecule has 0 atom stereocenters. The van der Waals surface area contributed by atoms with Gasteiger partial charge in [-0.2, -0.15) is 0 Å². The van der Waals surface area contributed by atoms with Gasteiger partial charge in [-0.25, -0.2) is 0 Å². The first kappa shape index (κ1) is 6.86. The molecule has 1 rings (SSSR count). The monoisotopic (exact) mass is 138 g/mol. The number of rotatable bonds is 1. The molecule has 10 heavy (non-hydrogen) atoms. The first-order valence-corrected chi connectivity index (χ1v) is 3.04. The molecule has 54 valence electrons. The quantitative estimate of drug-likeness (QED) is 0.601. The highest BCUT2D eigenvalue weighted by Crippen LogP contribution is 2.05. The van der Waals surface area contributed by atoms with Gasteiger partial charge < -0.3 is 10.3 Å². The molecule has 1 heterocycles. The third kappa shape index (κ3) is 0.900. The number of amides is 1. The summed E-state index contributed by atoms with van der Waals surface area (Å²) >= 11 is 0. The lowest BCUT2D eigenvalue weighted by Crippen LogP contribution is -2.16. The number of hydrogen-bond donors (Lipinski definition) is 1. The van der Waals surface area contributed by atoms with Crippen LogP contribution in [0.25, 0.3) is 0 Å². The van der Waals surface area contributed by atoms with Crippen LogP contribution in [0.2, 0.25) is 0 Å². The summed E-state index contributed by atoms with van der Waals surface area (Å²) in [6, 6.07) is 1.86. The van der Waals surface area contributed by atoms with Gasteiger partial charge in [0.2, 0.25) is 0 Å². The number of carbonyl (C=O) groups is 1. The lowest BCUT2D eigenvalue weighted by atomic mass is 10.2. The Balaban J connectivity index is 3.23. The van der Waals surface area contributed by atoms with Crippen molar-refractivity contribution in [1.29, 1.82) is 0 Å². The fourth-order valence-electron chi connectivity index (χ4n) is 1.02. The van der Waals surface area contributed by atoms with Gasteiger partial charge in [-0.1, -0.05) is 0 Å². The molecule has 0 saturated heterocycles. The topological polar surface area (TPSA) is 48.0 Å². The van der Waals surface area contributed by atoms with Crippen molar-refractivity contribution in [3.8, 4) is 0 Å². The summed E-state index contributed by atoms with van der Waals surface area (Å²) in [7, 11) is 1.80. The van der Waals surface area contributed by atoms with E-state index in [0.29, 0.717) is 5.69 Å². The molecule has 0 aromatic carbocycles.